The van der Waals surface area contributed by atoms with E-state index < -0.39 is 0 Å². The number of aliphatic hydroxyl groups is 1. The summed E-state index contributed by atoms with van der Waals surface area (Å²) in [5.74, 6) is 1.04. The maximum absolute atomic E-state index is 12.4. The monoisotopic (exact) mass is 366 g/mol. The highest BCUT2D eigenvalue weighted by molar-refractivity contribution is 5.84. The first kappa shape index (κ1) is 17.8. The summed E-state index contributed by atoms with van der Waals surface area (Å²) in [5.41, 5.74) is 4.58. The van der Waals surface area contributed by atoms with Crippen LogP contribution in [-0.4, -0.2) is 38.2 Å². The second kappa shape index (κ2) is 7.56. The van der Waals surface area contributed by atoms with Gasteiger partial charge in [-0.1, -0.05) is 18.2 Å². The normalized spacial score (nSPS) is 16.4. The van der Waals surface area contributed by atoms with E-state index in [1.165, 1.54) is 16.6 Å². The van der Waals surface area contributed by atoms with Crippen molar-refractivity contribution in [1.82, 2.24) is 19.9 Å². The molecule has 0 radical (unpaired) electrons. The third kappa shape index (κ3) is 3.62. The Morgan fingerprint density at radius 2 is 2.26 bits per heavy atom. The van der Waals surface area contributed by atoms with Gasteiger partial charge in [0.1, 0.15) is 5.82 Å². The highest BCUT2D eigenvalue weighted by Crippen LogP contribution is 2.23. The van der Waals surface area contributed by atoms with Gasteiger partial charge in [-0.2, -0.15) is 0 Å². The van der Waals surface area contributed by atoms with Crippen molar-refractivity contribution in [2.45, 2.75) is 51.6 Å². The number of amides is 1. The van der Waals surface area contributed by atoms with Crippen molar-refractivity contribution >= 4 is 16.8 Å². The van der Waals surface area contributed by atoms with E-state index in [-0.39, 0.29) is 18.6 Å². The predicted octanol–water partition coefficient (Wildman–Crippen LogP) is 2.27. The van der Waals surface area contributed by atoms with E-state index in [4.69, 9.17) is 0 Å². The fraction of sp³-hybridized carbons (Fsp3) is 0.429. The van der Waals surface area contributed by atoms with E-state index in [0.717, 1.165) is 42.7 Å². The van der Waals surface area contributed by atoms with Crippen LogP contribution in [0.15, 0.2) is 30.5 Å². The number of hydrogen-bond donors (Lipinski definition) is 3. The Balaban J connectivity index is 1.34. The topological polar surface area (TPSA) is 82.9 Å². The van der Waals surface area contributed by atoms with Gasteiger partial charge in [-0.15, -0.1) is 0 Å². The van der Waals surface area contributed by atoms with Crippen LogP contribution in [-0.2, 0) is 30.6 Å². The Kier molecular flexibility index (Phi) is 4.99. The van der Waals surface area contributed by atoms with Crippen molar-refractivity contribution < 1.29 is 9.90 Å². The zero-order valence-electron chi connectivity index (χ0n) is 15.7. The minimum Gasteiger partial charge on any atom is -0.395 e. The molecule has 0 unspecified atom stereocenters. The summed E-state index contributed by atoms with van der Waals surface area (Å²) >= 11 is 0. The Bertz CT molecular complexity index is 956. The molecule has 0 saturated heterocycles. The van der Waals surface area contributed by atoms with Crippen molar-refractivity contribution in [1.29, 1.82) is 0 Å². The van der Waals surface area contributed by atoms with Crippen LogP contribution < -0.4 is 5.32 Å². The third-order valence-corrected chi connectivity index (χ3v) is 5.50. The number of fused-ring (bicyclic) bond motifs is 2. The SMILES string of the molecule is Cc1nc2c(n1CCO)CC[C@H](NC(=O)CCc1c[nH]c3ccccc13)C2. The van der Waals surface area contributed by atoms with E-state index in [2.05, 4.69) is 32.0 Å². The van der Waals surface area contributed by atoms with Gasteiger partial charge in [0.15, 0.2) is 0 Å². The summed E-state index contributed by atoms with van der Waals surface area (Å²) in [6.45, 7) is 2.69. The van der Waals surface area contributed by atoms with Crippen molar-refractivity contribution in [2.75, 3.05) is 6.61 Å². The Morgan fingerprint density at radius 1 is 1.41 bits per heavy atom. The number of nitrogens with one attached hydrogen (secondary N) is 2. The summed E-state index contributed by atoms with van der Waals surface area (Å²) in [4.78, 5) is 20.4. The molecule has 1 aliphatic carbocycles. The number of aryl methyl sites for hydroxylation is 2. The van der Waals surface area contributed by atoms with Crippen LogP contribution in [0.4, 0.5) is 0 Å². The zero-order valence-corrected chi connectivity index (χ0v) is 15.7. The fourth-order valence-corrected chi connectivity index (χ4v) is 4.17. The maximum atomic E-state index is 12.4. The largest absolute Gasteiger partial charge is 0.395 e. The molecule has 1 atom stereocenters. The second-order valence-electron chi connectivity index (χ2n) is 7.29. The Hall–Kier alpha value is -2.60. The van der Waals surface area contributed by atoms with Gasteiger partial charge in [-0.25, -0.2) is 4.98 Å². The fourth-order valence-electron chi connectivity index (χ4n) is 4.17. The number of aromatic amines is 1. The van der Waals surface area contributed by atoms with Gasteiger partial charge in [0.2, 0.25) is 5.91 Å². The zero-order chi connectivity index (χ0) is 18.8. The number of H-pyrrole nitrogens is 1. The predicted molar refractivity (Wildman–Crippen MR) is 105 cm³/mol. The first-order valence-electron chi connectivity index (χ1n) is 9.66. The lowest BCUT2D eigenvalue weighted by molar-refractivity contribution is -0.121. The molecular formula is C21H26N4O2. The molecule has 2 aromatic heterocycles. The molecule has 1 amide bonds. The molecule has 0 aliphatic heterocycles. The number of imidazole rings is 1. The van der Waals surface area contributed by atoms with Crippen LogP contribution in [0.5, 0.6) is 0 Å². The van der Waals surface area contributed by atoms with Gasteiger partial charge in [0.25, 0.3) is 0 Å². The van der Waals surface area contributed by atoms with Gasteiger partial charge < -0.3 is 20.0 Å². The molecule has 0 spiro atoms. The summed E-state index contributed by atoms with van der Waals surface area (Å²) in [5, 5.41) is 13.6. The molecule has 142 valence electrons. The molecule has 4 rings (SSSR count). The van der Waals surface area contributed by atoms with Crippen LogP contribution in [0.2, 0.25) is 0 Å². The minimum absolute atomic E-state index is 0.0974. The molecule has 3 aromatic rings. The summed E-state index contributed by atoms with van der Waals surface area (Å²) in [6, 6.07) is 8.32. The number of benzene rings is 1. The lowest BCUT2D eigenvalue weighted by Crippen LogP contribution is -2.39. The lowest BCUT2D eigenvalue weighted by atomic mass is 9.95. The number of aliphatic hydroxyl groups excluding tert-OH is 1. The van der Waals surface area contributed by atoms with E-state index in [1.807, 2.05) is 25.3 Å². The quantitative estimate of drug-likeness (QED) is 0.626. The highest BCUT2D eigenvalue weighted by Gasteiger charge is 2.25. The van der Waals surface area contributed by atoms with Crippen LogP contribution >= 0.6 is 0 Å². The Labute approximate surface area is 158 Å². The minimum atomic E-state index is 0.0974. The average Bonchev–Trinajstić information content (AvgIpc) is 3.21. The van der Waals surface area contributed by atoms with Crippen LogP contribution in [0.3, 0.4) is 0 Å². The molecule has 1 aliphatic rings. The molecule has 6 heteroatoms. The molecule has 0 bridgehead atoms. The smallest absolute Gasteiger partial charge is 0.220 e. The van der Waals surface area contributed by atoms with Gasteiger partial charge in [0.05, 0.1) is 12.3 Å². The number of nitrogens with zero attached hydrogens (tertiary/aromatic N) is 2. The summed E-state index contributed by atoms with van der Waals surface area (Å²) in [7, 11) is 0. The number of aromatic nitrogens is 3. The lowest BCUT2D eigenvalue weighted by Gasteiger charge is -2.24. The van der Waals surface area contributed by atoms with Crippen molar-refractivity contribution in [3.8, 4) is 0 Å². The third-order valence-electron chi connectivity index (χ3n) is 5.50. The van der Waals surface area contributed by atoms with Gasteiger partial charge >= 0.3 is 0 Å². The molecule has 6 nitrogen and oxygen atoms in total. The standard InChI is InChI=1S/C21H26N4O2/c1-14-23-19-12-16(7-8-20(19)25(14)10-11-26)24-21(27)9-6-15-13-22-18-5-3-2-4-17(15)18/h2-5,13,16,22,26H,6-12H2,1H3,(H,24,27)/t16-/m0/s1. The van der Waals surface area contributed by atoms with E-state index in [1.54, 1.807) is 0 Å². The van der Waals surface area contributed by atoms with Crippen molar-refractivity contribution in [2.24, 2.45) is 0 Å². The van der Waals surface area contributed by atoms with Crippen LogP contribution in [0.25, 0.3) is 10.9 Å². The first-order chi connectivity index (χ1) is 13.2. The first-order valence-corrected chi connectivity index (χ1v) is 9.66. The maximum Gasteiger partial charge on any atom is 0.220 e. The number of para-hydroxylation sites is 1. The van der Waals surface area contributed by atoms with Gasteiger partial charge in [-0.3, -0.25) is 4.79 Å². The number of hydrogen-bond acceptors (Lipinski definition) is 3. The molecule has 0 fully saturated rings. The number of carbonyl (C=O) groups is 1. The van der Waals surface area contributed by atoms with Crippen molar-refractivity contribution in [3.63, 3.8) is 0 Å². The molecule has 2 heterocycles. The molecule has 0 saturated carbocycles. The van der Waals surface area contributed by atoms with Gasteiger partial charge in [0, 0.05) is 48.2 Å². The number of carbonyl (C=O) groups excluding carboxylic acids is 1. The van der Waals surface area contributed by atoms with Gasteiger partial charge in [-0.05, 0) is 37.8 Å². The van der Waals surface area contributed by atoms with E-state index in [9.17, 15) is 9.90 Å². The summed E-state index contributed by atoms with van der Waals surface area (Å²) < 4.78 is 2.10. The molecular weight excluding hydrogens is 340 g/mol. The Morgan fingerprint density at radius 3 is 3.11 bits per heavy atom. The summed E-state index contributed by atoms with van der Waals surface area (Å²) in [6.07, 6.45) is 5.81. The highest BCUT2D eigenvalue weighted by atomic mass is 16.3. The van der Waals surface area contributed by atoms with Crippen LogP contribution in [0, 0.1) is 6.92 Å². The molecule has 27 heavy (non-hydrogen) atoms. The second-order valence-corrected chi connectivity index (χ2v) is 7.29. The van der Waals surface area contributed by atoms with Crippen molar-refractivity contribution in [3.05, 3.63) is 53.2 Å². The van der Waals surface area contributed by atoms with Crippen LogP contribution in [0.1, 0.15) is 35.6 Å². The average molecular weight is 366 g/mol. The van der Waals surface area contributed by atoms with E-state index in [0.29, 0.717) is 13.0 Å². The molecule has 1 aromatic carbocycles. The molecule has 3 N–H and O–H groups in total. The number of rotatable bonds is 6. The van der Waals surface area contributed by atoms with E-state index >= 15 is 0 Å².